The Morgan fingerprint density at radius 3 is 2.29 bits per heavy atom. The van der Waals surface area contributed by atoms with Crippen LogP contribution in [0.15, 0.2) is 15.9 Å². The molecule has 2 aromatic rings. The predicted octanol–water partition coefficient (Wildman–Crippen LogP) is -2.36. The highest BCUT2D eigenvalue weighted by molar-refractivity contribution is 5.73. The maximum absolute atomic E-state index is 12.1. The molecular weight excluding hydrogens is 286 g/mol. The summed E-state index contributed by atoms with van der Waals surface area (Å²) in [6, 6.07) is 0. The second-order valence-corrected chi connectivity index (χ2v) is 3.73. The van der Waals surface area contributed by atoms with Gasteiger partial charge in [0, 0.05) is 13.8 Å². The van der Waals surface area contributed by atoms with Crippen molar-refractivity contribution in [3.63, 3.8) is 0 Å². The fourth-order valence-electron chi connectivity index (χ4n) is 1.54. The summed E-state index contributed by atoms with van der Waals surface area (Å²) in [6.45, 7) is 1.98. The number of rotatable bonds is 2. The lowest BCUT2D eigenvalue weighted by Gasteiger charge is -2.09. The van der Waals surface area contributed by atoms with Crippen molar-refractivity contribution in [3.05, 3.63) is 27.2 Å². The molecule has 0 saturated carbocycles. The van der Waals surface area contributed by atoms with Crippen LogP contribution in [0.3, 0.4) is 0 Å². The first kappa shape index (κ1) is 14.0. The number of carbonyl (C=O) groups excluding carboxylic acids is 2. The van der Waals surface area contributed by atoms with Crippen LogP contribution < -0.4 is 20.9 Å². The van der Waals surface area contributed by atoms with Crippen molar-refractivity contribution in [2.75, 3.05) is 0 Å². The minimum atomic E-state index is -1.27. The second-order valence-electron chi connectivity index (χ2n) is 3.73. The van der Waals surface area contributed by atoms with Crippen LogP contribution in [-0.4, -0.2) is 31.0 Å². The standard InChI is InChI=1S/C10H7N5O6/c1-5(16)20-14-8-7(12-4-13(8)3-11)9(18)15(10(14)19)21-6(2)17/h4H,1-2H3. The van der Waals surface area contributed by atoms with Crippen LogP contribution in [0.4, 0.5) is 0 Å². The number of fused-ring (bicyclic) bond motifs is 1. The van der Waals surface area contributed by atoms with E-state index < -0.39 is 28.7 Å². The smallest absolute Gasteiger partial charge is 0.330 e. The number of imidazole rings is 1. The van der Waals surface area contributed by atoms with Gasteiger partial charge in [-0.05, 0) is 0 Å². The van der Waals surface area contributed by atoms with Gasteiger partial charge in [0.2, 0.25) is 5.65 Å². The number of aromatic nitrogens is 4. The Kier molecular flexibility index (Phi) is 3.28. The van der Waals surface area contributed by atoms with Gasteiger partial charge in [0.1, 0.15) is 6.33 Å². The Morgan fingerprint density at radius 1 is 1.19 bits per heavy atom. The van der Waals surface area contributed by atoms with Crippen molar-refractivity contribution in [3.8, 4) is 6.19 Å². The van der Waals surface area contributed by atoms with Crippen LogP contribution in [-0.2, 0) is 9.59 Å². The van der Waals surface area contributed by atoms with Gasteiger partial charge in [0.15, 0.2) is 11.7 Å². The summed E-state index contributed by atoms with van der Waals surface area (Å²) in [4.78, 5) is 58.8. The van der Waals surface area contributed by atoms with E-state index in [-0.39, 0.29) is 10.4 Å². The first-order valence-electron chi connectivity index (χ1n) is 5.40. The average Bonchev–Trinajstić information content (AvgIpc) is 2.83. The first-order valence-corrected chi connectivity index (χ1v) is 5.40. The molecule has 0 saturated heterocycles. The molecule has 0 bridgehead atoms. The highest BCUT2D eigenvalue weighted by Gasteiger charge is 2.22. The monoisotopic (exact) mass is 293 g/mol. The van der Waals surface area contributed by atoms with Gasteiger partial charge in [-0.2, -0.15) is 5.26 Å². The number of hydrogen-bond acceptors (Lipinski definition) is 8. The molecule has 0 aliphatic heterocycles. The molecule has 21 heavy (non-hydrogen) atoms. The highest BCUT2D eigenvalue weighted by Crippen LogP contribution is 2.04. The SMILES string of the molecule is CC(=O)On1c(=O)c2ncn(C#N)c2n(OC(C)=O)c1=O. The molecule has 0 spiro atoms. The molecule has 0 fully saturated rings. The fourth-order valence-corrected chi connectivity index (χ4v) is 1.54. The van der Waals surface area contributed by atoms with Crippen molar-refractivity contribution >= 4 is 23.1 Å². The Morgan fingerprint density at radius 2 is 1.76 bits per heavy atom. The molecular formula is C10H7N5O6. The summed E-state index contributed by atoms with van der Waals surface area (Å²) in [7, 11) is 0. The van der Waals surface area contributed by atoms with Gasteiger partial charge in [-0.1, -0.05) is 9.46 Å². The molecule has 0 unspecified atom stereocenters. The zero-order chi connectivity index (χ0) is 15.7. The van der Waals surface area contributed by atoms with Crippen molar-refractivity contribution in [2.45, 2.75) is 13.8 Å². The molecule has 0 N–H and O–H groups in total. The number of nitriles is 1. The normalized spacial score (nSPS) is 10.1. The number of hydrogen-bond donors (Lipinski definition) is 0. The molecule has 11 nitrogen and oxygen atoms in total. The van der Waals surface area contributed by atoms with E-state index in [1.807, 2.05) is 0 Å². The van der Waals surface area contributed by atoms with Crippen LogP contribution >= 0.6 is 0 Å². The van der Waals surface area contributed by atoms with E-state index in [9.17, 15) is 19.2 Å². The zero-order valence-electron chi connectivity index (χ0n) is 10.8. The summed E-state index contributed by atoms with van der Waals surface area (Å²) >= 11 is 0. The van der Waals surface area contributed by atoms with E-state index in [1.54, 1.807) is 6.19 Å². The summed E-state index contributed by atoms with van der Waals surface area (Å²) in [5, 5.41) is 8.90. The van der Waals surface area contributed by atoms with E-state index in [2.05, 4.69) is 14.7 Å². The van der Waals surface area contributed by atoms with Crippen molar-refractivity contribution < 1.29 is 19.3 Å². The minimum absolute atomic E-state index is 0.0856. The van der Waals surface area contributed by atoms with Crippen molar-refractivity contribution in [1.82, 2.24) is 19.0 Å². The zero-order valence-corrected chi connectivity index (χ0v) is 10.8. The highest BCUT2D eigenvalue weighted by atomic mass is 16.7. The molecule has 0 radical (unpaired) electrons. The maximum atomic E-state index is 12.1. The third kappa shape index (κ3) is 2.25. The van der Waals surface area contributed by atoms with E-state index >= 15 is 0 Å². The third-order valence-electron chi connectivity index (χ3n) is 2.22. The Labute approximate surface area is 115 Å². The lowest BCUT2D eigenvalue weighted by Crippen LogP contribution is -2.47. The van der Waals surface area contributed by atoms with Gasteiger partial charge < -0.3 is 9.68 Å². The molecule has 2 rings (SSSR count). The van der Waals surface area contributed by atoms with Gasteiger partial charge in [-0.15, -0.1) is 0 Å². The topological polar surface area (TPSA) is 138 Å². The lowest BCUT2D eigenvalue weighted by atomic mass is 10.5. The first-order chi connectivity index (χ1) is 9.86. The van der Waals surface area contributed by atoms with E-state index in [0.29, 0.717) is 4.73 Å². The largest absolute Gasteiger partial charge is 0.400 e. The molecule has 0 aromatic carbocycles. The minimum Gasteiger partial charge on any atom is -0.330 e. The van der Waals surface area contributed by atoms with Crippen molar-refractivity contribution in [1.29, 1.82) is 5.26 Å². The summed E-state index contributed by atoms with van der Waals surface area (Å²) in [5.74, 6) is -1.83. The summed E-state index contributed by atoms with van der Waals surface area (Å²) in [6.07, 6.45) is 2.57. The number of carbonyl (C=O) groups is 2. The molecule has 108 valence electrons. The Balaban J connectivity index is 2.95. The van der Waals surface area contributed by atoms with Gasteiger partial charge >= 0.3 is 23.2 Å². The molecule has 0 amide bonds. The van der Waals surface area contributed by atoms with Crippen LogP contribution in [0, 0.1) is 11.5 Å². The summed E-state index contributed by atoms with van der Waals surface area (Å²) in [5.41, 5.74) is -3.08. The predicted molar refractivity (Wildman–Crippen MR) is 63.8 cm³/mol. The molecule has 0 aliphatic rings. The molecule has 11 heteroatoms. The molecule has 0 atom stereocenters. The molecule has 0 aliphatic carbocycles. The fraction of sp³-hybridized carbons (Fsp3) is 0.200. The van der Waals surface area contributed by atoms with E-state index in [1.165, 1.54) is 0 Å². The van der Waals surface area contributed by atoms with Gasteiger partial charge in [-0.3, -0.25) is 4.79 Å². The number of nitrogens with zero attached hydrogens (tertiary/aromatic N) is 5. The van der Waals surface area contributed by atoms with Gasteiger partial charge in [0.05, 0.1) is 0 Å². The maximum Gasteiger partial charge on any atom is 0.400 e. The quantitative estimate of drug-likeness (QED) is 0.599. The van der Waals surface area contributed by atoms with Crippen molar-refractivity contribution in [2.24, 2.45) is 0 Å². The van der Waals surface area contributed by atoms with Crippen LogP contribution in [0.2, 0.25) is 0 Å². The Bertz CT molecular complexity index is 911. The molecule has 2 heterocycles. The van der Waals surface area contributed by atoms with Crippen LogP contribution in [0.25, 0.3) is 11.2 Å². The van der Waals surface area contributed by atoms with Gasteiger partial charge in [-0.25, -0.2) is 23.9 Å². The lowest BCUT2D eigenvalue weighted by molar-refractivity contribution is -0.144. The average molecular weight is 293 g/mol. The summed E-state index contributed by atoms with van der Waals surface area (Å²) < 4.78 is 1.18. The Hall–Kier alpha value is -3.42. The van der Waals surface area contributed by atoms with E-state index in [4.69, 9.17) is 5.26 Å². The third-order valence-corrected chi connectivity index (χ3v) is 2.22. The van der Waals surface area contributed by atoms with E-state index in [0.717, 1.165) is 24.7 Å². The second kappa shape index (κ2) is 4.93. The van der Waals surface area contributed by atoms with Crippen LogP contribution in [0.5, 0.6) is 0 Å². The molecule has 2 aromatic heterocycles. The van der Waals surface area contributed by atoms with Crippen LogP contribution in [0.1, 0.15) is 13.8 Å². The van der Waals surface area contributed by atoms with Gasteiger partial charge in [0.25, 0.3) is 0 Å².